The van der Waals surface area contributed by atoms with Crippen LogP contribution in [0.15, 0.2) is 18.2 Å². The predicted octanol–water partition coefficient (Wildman–Crippen LogP) is 2.16. The minimum Gasteiger partial charge on any atom is -0.352 e. The van der Waals surface area contributed by atoms with Crippen molar-refractivity contribution >= 4 is 17.6 Å². The molecular weight excluding hydrogens is 261 g/mol. The van der Waals surface area contributed by atoms with Crippen molar-refractivity contribution in [3.8, 4) is 0 Å². The molecule has 0 saturated carbocycles. The summed E-state index contributed by atoms with van der Waals surface area (Å²) in [5.41, 5.74) is 5.91. The molecule has 1 aromatic rings. The molecule has 0 heterocycles. The molecule has 0 saturated heterocycles. The third kappa shape index (κ3) is 4.22. The molecule has 5 nitrogen and oxygen atoms in total. The molecule has 4 N–H and O–H groups in total. The average Bonchev–Trinajstić information content (AvgIpc) is 2.39. The van der Waals surface area contributed by atoms with Crippen molar-refractivity contribution in [2.45, 2.75) is 33.2 Å². The molecule has 0 aliphatic rings. The standard InChI is InChI=1S/C14H20FN3O2/c1-4-8(2)12(18-14(16)20)13(19)17-10-6-5-9(3)11(15)7-10/h5-8,12H,4H2,1-3H3,(H,17,19)(H3,16,18,20)/t8-,12+/m0/s1. The summed E-state index contributed by atoms with van der Waals surface area (Å²) in [5.74, 6) is -0.898. The highest BCUT2D eigenvalue weighted by Crippen LogP contribution is 2.15. The summed E-state index contributed by atoms with van der Waals surface area (Å²) in [5, 5.41) is 4.99. The van der Waals surface area contributed by atoms with Gasteiger partial charge in [-0.25, -0.2) is 9.18 Å². The number of carbonyl (C=O) groups excluding carboxylic acids is 2. The Kier molecular flexibility index (Phi) is 5.49. The smallest absolute Gasteiger partial charge is 0.312 e. The first kappa shape index (κ1) is 15.9. The van der Waals surface area contributed by atoms with E-state index in [4.69, 9.17) is 5.73 Å². The van der Waals surface area contributed by atoms with Crippen molar-refractivity contribution in [2.75, 3.05) is 5.32 Å². The van der Waals surface area contributed by atoms with E-state index in [2.05, 4.69) is 10.6 Å². The topological polar surface area (TPSA) is 84.2 Å². The van der Waals surface area contributed by atoms with Gasteiger partial charge in [-0.1, -0.05) is 26.3 Å². The van der Waals surface area contributed by atoms with Crippen LogP contribution in [0.2, 0.25) is 0 Å². The maximum Gasteiger partial charge on any atom is 0.312 e. The number of carbonyl (C=O) groups is 2. The molecule has 0 aliphatic heterocycles. The highest BCUT2D eigenvalue weighted by Gasteiger charge is 2.25. The van der Waals surface area contributed by atoms with E-state index >= 15 is 0 Å². The van der Waals surface area contributed by atoms with E-state index in [-0.39, 0.29) is 5.92 Å². The van der Waals surface area contributed by atoms with Crippen molar-refractivity contribution in [3.05, 3.63) is 29.6 Å². The summed E-state index contributed by atoms with van der Waals surface area (Å²) in [7, 11) is 0. The molecule has 0 bridgehead atoms. The molecule has 2 atom stereocenters. The van der Waals surface area contributed by atoms with E-state index < -0.39 is 23.8 Å². The first-order chi connectivity index (χ1) is 9.35. The molecule has 20 heavy (non-hydrogen) atoms. The fourth-order valence-electron chi connectivity index (χ4n) is 1.75. The first-order valence-electron chi connectivity index (χ1n) is 6.48. The zero-order chi connectivity index (χ0) is 15.3. The van der Waals surface area contributed by atoms with Crippen LogP contribution in [0.4, 0.5) is 14.9 Å². The maximum absolute atomic E-state index is 13.4. The van der Waals surface area contributed by atoms with Gasteiger partial charge in [0.15, 0.2) is 0 Å². The van der Waals surface area contributed by atoms with Gasteiger partial charge in [0.2, 0.25) is 5.91 Å². The molecule has 0 spiro atoms. The first-order valence-corrected chi connectivity index (χ1v) is 6.48. The Morgan fingerprint density at radius 3 is 2.55 bits per heavy atom. The molecule has 6 heteroatoms. The van der Waals surface area contributed by atoms with Crippen LogP contribution in [-0.2, 0) is 4.79 Å². The van der Waals surface area contributed by atoms with Gasteiger partial charge in [-0.3, -0.25) is 4.79 Å². The number of primary amides is 1. The zero-order valence-corrected chi connectivity index (χ0v) is 11.9. The number of benzene rings is 1. The van der Waals surface area contributed by atoms with Gasteiger partial charge in [-0.05, 0) is 30.5 Å². The van der Waals surface area contributed by atoms with Gasteiger partial charge in [-0.15, -0.1) is 0 Å². The second-order valence-corrected chi connectivity index (χ2v) is 4.83. The van der Waals surface area contributed by atoms with Gasteiger partial charge in [0.05, 0.1) is 0 Å². The minimum absolute atomic E-state index is 0.0854. The quantitative estimate of drug-likeness (QED) is 0.772. The van der Waals surface area contributed by atoms with Crippen LogP contribution in [0.25, 0.3) is 0 Å². The lowest BCUT2D eigenvalue weighted by Gasteiger charge is -2.22. The fourth-order valence-corrected chi connectivity index (χ4v) is 1.75. The van der Waals surface area contributed by atoms with Gasteiger partial charge in [-0.2, -0.15) is 0 Å². The number of nitrogens with two attached hydrogens (primary N) is 1. The highest BCUT2D eigenvalue weighted by atomic mass is 19.1. The monoisotopic (exact) mass is 281 g/mol. The Bertz CT molecular complexity index is 505. The third-order valence-electron chi connectivity index (χ3n) is 3.23. The van der Waals surface area contributed by atoms with E-state index in [1.807, 2.05) is 13.8 Å². The second-order valence-electron chi connectivity index (χ2n) is 4.83. The summed E-state index contributed by atoms with van der Waals surface area (Å²) in [4.78, 5) is 23.1. The van der Waals surface area contributed by atoms with E-state index in [9.17, 15) is 14.0 Å². The molecule has 0 fully saturated rings. The summed E-state index contributed by atoms with van der Waals surface area (Å²) in [6.07, 6.45) is 0.695. The van der Waals surface area contributed by atoms with Crippen molar-refractivity contribution in [3.63, 3.8) is 0 Å². The van der Waals surface area contributed by atoms with Crippen LogP contribution in [0.5, 0.6) is 0 Å². The Hall–Kier alpha value is -2.11. The molecule has 0 aromatic heterocycles. The summed E-state index contributed by atoms with van der Waals surface area (Å²) < 4.78 is 13.4. The third-order valence-corrected chi connectivity index (χ3v) is 3.23. The van der Waals surface area contributed by atoms with Crippen molar-refractivity contribution in [1.29, 1.82) is 0 Å². The number of amides is 3. The van der Waals surface area contributed by atoms with Gasteiger partial charge in [0.1, 0.15) is 11.9 Å². The molecular formula is C14H20FN3O2. The number of nitrogens with one attached hydrogen (secondary N) is 2. The minimum atomic E-state index is -0.763. The maximum atomic E-state index is 13.4. The lowest BCUT2D eigenvalue weighted by atomic mass is 9.98. The Labute approximate surface area is 117 Å². The molecule has 0 aliphatic carbocycles. The zero-order valence-electron chi connectivity index (χ0n) is 11.9. The van der Waals surface area contributed by atoms with E-state index in [0.717, 1.165) is 0 Å². The molecule has 3 amide bonds. The normalized spacial score (nSPS) is 13.4. The summed E-state index contributed by atoms with van der Waals surface area (Å²) in [6, 6.07) is 2.91. The number of aryl methyl sites for hydroxylation is 1. The van der Waals surface area contributed by atoms with Gasteiger partial charge in [0, 0.05) is 5.69 Å². The Morgan fingerprint density at radius 2 is 2.05 bits per heavy atom. The highest BCUT2D eigenvalue weighted by molar-refractivity contribution is 5.97. The van der Waals surface area contributed by atoms with Gasteiger partial charge in [0.25, 0.3) is 0 Å². The molecule has 110 valence electrons. The molecule has 1 rings (SSSR count). The summed E-state index contributed by atoms with van der Waals surface area (Å²) >= 11 is 0. The van der Waals surface area contributed by atoms with E-state index in [1.165, 1.54) is 6.07 Å². The lowest BCUT2D eigenvalue weighted by Crippen LogP contribution is -2.49. The Balaban J connectivity index is 2.84. The van der Waals surface area contributed by atoms with Crippen LogP contribution in [0, 0.1) is 18.7 Å². The second kappa shape index (κ2) is 6.88. The number of urea groups is 1. The van der Waals surface area contributed by atoms with E-state index in [1.54, 1.807) is 19.1 Å². The van der Waals surface area contributed by atoms with Crippen LogP contribution in [0.3, 0.4) is 0 Å². The van der Waals surface area contributed by atoms with E-state index in [0.29, 0.717) is 17.7 Å². The number of hydrogen-bond donors (Lipinski definition) is 3. The van der Waals surface area contributed by atoms with Crippen LogP contribution in [-0.4, -0.2) is 18.0 Å². The van der Waals surface area contributed by atoms with Crippen molar-refractivity contribution < 1.29 is 14.0 Å². The largest absolute Gasteiger partial charge is 0.352 e. The average molecular weight is 281 g/mol. The van der Waals surface area contributed by atoms with Crippen LogP contribution in [0.1, 0.15) is 25.8 Å². The SMILES string of the molecule is CC[C@H](C)[C@@H](NC(N)=O)C(=O)Nc1ccc(C)c(F)c1. The lowest BCUT2D eigenvalue weighted by molar-refractivity contribution is -0.119. The number of hydrogen-bond acceptors (Lipinski definition) is 2. The number of halogens is 1. The van der Waals surface area contributed by atoms with Crippen LogP contribution >= 0.6 is 0 Å². The van der Waals surface area contributed by atoms with Crippen LogP contribution < -0.4 is 16.4 Å². The Morgan fingerprint density at radius 1 is 1.40 bits per heavy atom. The number of rotatable bonds is 5. The molecule has 0 radical (unpaired) electrons. The number of anilines is 1. The molecule has 0 unspecified atom stereocenters. The van der Waals surface area contributed by atoms with Gasteiger partial charge >= 0.3 is 6.03 Å². The van der Waals surface area contributed by atoms with Gasteiger partial charge < -0.3 is 16.4 Å². The molecule has 1 aromatic carbocycles. The van der Waals surface area contributed by atoms with Crippen molar-refractivity contribution in [1.82, 2.24) is 5.32 Å². The fraction of sp³-hybridized carbons (Fsp3) is 0.429. The summed E-state index contributed by atoms with van der Waals surface area (Å²) in [6.45, 7) is 5.37. The predicted molar refractivity (Wildman–Crippen MR) is 75.7 cm³/mol. The van der Waals surface area contributed by atoms with Crippen molar-refractivity contribution in [2.24, 2.45) is 11.7 Å².